The SMILES string of the molecule is C=CCOC(=O)[C@]1(C)C[C@@H]2OC(=O)[C@H]1C=C2C(=O)OC. The summed E-state index contributed by atoms with van der Waals surface area (Å²) in [5.74, 6) is -2.40. The van der Waals surface area contributed by atoms with E-state index in [2.05, 4.69) is 11.3 Å². The van der Waals surface area contributed by atoms with Crippen molar-refractivity contribution in [1.82, 2.24) is 0 Å². The van der Waals surface area contributed by atoms with Crippen molar-refractivity contribution in [3.63, 3.8) is 0 Å². The van der Waals surface area contributed by atoms with Crippen LogP contribution in [0.15, 0.2) is 24.3 Å². The summed E-state index contributed by atoms with van der Waals surface area (Å²) in [5, 5.41) is 0. The number of fused-ring (bicyclic) bond motifs is 2. The molecule has 2 heterocycles. The monoisotopic (exact) mass is 280 g/mol. The minimum Gasteiger partial charge on any atom is -0.466 e. The van der Waals surface area contributed by atoms with Gasteiger partial charge < -0.3 is 14.2 Å². The standard InChI is InChI=1S/C14H16O6/c1-4-5-19-13(17)14(2)7-10-8(11(15)18-3)6-9(14)12(16)20-10/h4,6,9-10H,1,5,7H2,2-3H3/t9-,10+,14-/m1/s1. The van der Waals surface area contributed by atoms with Crippen LogP contribution in [0.1, 0.15) is 13.3 Å². The molecular weight excluding hydrogens is 264 g/mol. The molecule has 0 saturated carbocycles. The van der Waals surface area contributed by atoms with Gasteiger partial charge in [0.25, 0.3) is 0 Å². The first kappa shape index (κ1) is 14.3. The predicted octanol–water partition coefficient (Wildman–Crippen LogP) is 0.767. The second kappa shape index (κ2) is 5.11. The van der Waals surface area contributed by atoms with E-state index in [1.165, 1.54) is 19.3 Å². The molecule has 3 atom stereocenters. The summed E-state index contributed by atoms with van der Waals surface area (Å²) in [6.07, 6.45) is 2.36. The van der Waals surface area contributed by atoms with Gasteiger partial charge in [0.15, 0.2) is 0 Å². The summed E-state index contributed by atoms with van der Waals surface area (Å²) in [7, 11) is 1.25. The molecule has 2 bridgehead atoms. The van der Waals surface area contributed by atoms with Crippen LogP contribution in [0.5, 0.6) is 0 Å². The average molecular weight is 280 g/mol. The molecule has 20 heavy (non-hydrogen) atoms. The van der Waals surface area contributed by atoms with Crippen molar-refractivity contribution in [2.45, 2.75) is 19.4 Å². The predicted molar refractivity (Wildman–Crippen MR) is 67.3 cm³/mol. The molecule has 1 saturated heterocycles. The molecule has 2 aliphatic heterocycles. The number of rotatable bonds is 4. The maximum absolute atomic E-state index is 12.1. The summed E-state index contributed by atoms with van der Waals surface area (Å²) in [5.41, 5.74) is -0.744. The van der Waals surface area contributed by atoms with Crippen molar-refractivity contribution in [2.75, 3.05) is 13.7 Å². The maximum atomic E-state index is 12.1. The van der Waals surface area contributed by atoms with Gasteiger partial charge in [0.05, 0.1) is 24.0 Å². The van der Waals surface area contributed by atoms with E-state index >= 15 is 0 Å². The van der Waals surface area contributed by atoms with E-state index in [9.17, 15) is 14.4 Å². The Bertz CT molecular complexity index is 506. The van der Waals surface area contributed by atoms with Crippen molar-refractivity contribution in [2.24, 2.45) is 11.3 Å². The molecule has 0 N–H and O–H groups in total. The number of esters is 3. The number of ether oxygens (including phenoxy) is 3. The van der Waals surface area contributed by atoms with Crippen molar-refractivity contribution >= 4 is 17.9 Å². The highest BCUT2D eigenvalue weighted by Crippen LogP contribution is 2.47. The van der Waals surface area contributed by atoms with Gasteiger partial charge in [0, 0.05) is 6.42 Å². The first-order valence-corrected chi connectivity index (χ1v) is 6.22. The Morgan fingerprint density at radius 2 is 2.30 bits per heavy atom. The van der Waals surface area contributed by atoms with Crippen LogP contribution in [0.4, 0.5) is 0 Å². The fraction of sp³-hybridized carbons (Fsp3) is 0.500. The normalized spacial score (nSPS) is 31.1. The Kier molecular flexibility index (Phi) is 3.65. The van der Waals surface area contributed by atoms with Crippen LogP contribution >= 0.6 is 0 Å². The zero-order valence-electron chi connectivity index (χ0n) is 11.4. The van der Waals surface area contributed by atoms with Crippen LogP contribution < -0.4 is 0 Å². The Hall–Kier alpha value is -2.11. The van der Waals surface area contributed by atoms with Gasteiger partial charge >= 0.3 is 17.9 Å². The van der Waals surface area contributed by atoms with E-state index in [1.807, 2.05) is 0 Å². The summed E-state index contributed by atoms with van der Waals surface area (Å²) < 4.78 is 14.8. The minimum absolute atomic E-state index is 0.0778. The number of hydrogen-bond acceptors (Lipinski definition) is 6. The van der Waals surface area contributed by atoms with Crippen molar-refractivity contribution in [1.29, 1.82) is 0 Å². The van der Waals surface area contributed by atoms with E-state index in [1.54, 1.807) is 6.92 Å². The highest BCUT2D eigenvalue weighted by molar-refractivity contribution is 5.96. The Balaban J connectivity index is 2.30. The lowest BCUT2D eigenvalue weighted by Gasteiger charge is -2.44. The van der Waals surface area contributed by atoms with E-state index in [4.69, 9.17) is 9.47 Å². The number of carbonyl (C=O) groups is 3. The van der Waals surface area contributed by atoms with Crippen LogP contribution in [0.2, 0.25) is 0 Å². The minimum atomic E-state index is -1.03. The molecule has 108 valence electrons. The van der Waals surface area contributed by atoms with Crippen molar-refractivity contribution in [3.05, 3.63) is 24.3 Å². The second-order valence-electron chi connectivity index (χ2n) is 5.03. The molecule has 1 aliphatic carbocycles. The summed E-state index contributed by atoms with van der Waals surface area (Å²) in [6, 6.07) is 0. The molecule has 0 aromatic carbocycles. The number of methoxy groups -OCH3 is 1. The topological polar surface area (TPSA) is 78.9 Å². The van der Waals surface area contributed by atoms with Gasteiger partial charge in [0.1, 0.15) is 12.7 Å². The first-order chi connectivity index (χ1) is 9.43. The lowest BCUT2D eigenvalue weighted by molar-refractivity contribution is -0.183. The summed E-state index contributed by atoms with van der Waals surface area (Å²) in [4.78, 5) is 35.6. The van der Waals surface area contributed by atoms with Gasteiger partial charge in [-0.3, -0.25) is 9.59 Å². The Labute approximate surface area is 116 Å². The Morgan fingerprint density at radius 3 is 2.85 bits per heavy atom. The van der Waals surface area contributed by atoms with Crippen molar-refractivity contribution < 1.29 is 28.6 Å². The fourth-order valence-electron chi connectivity index (χ4n) is 2.57. The zero-order valence-corrected chi connectivity index (χ0v) is 11.4. The van der Waals surface area contributed by atoms with Gasteiger partial charge in [0.2, 0.25) is 0 Å². The van der Waals surface area contributed by atoms with Crippen LogP contribution in [-0.2, 0) is 28.6 Å². The molecule has 0 spiro atoms. The highest BCUT2D eigenvalue weighted by Gasteiger charge is 2.57. The molecular formula is C14H16O6. The third-order valence-corrected chi connectivity index (χ3v) is 3.72. The summed E-state index contributed by atoms with van der Waals surface area (Å²) >= 11 is 0. The highest BCUT2D eigenvalue weighted by atomic mass is 16.6. The molecule has 1 fully saturated rings. The smallest absolute Gasteiger partial charge is 0.337 e. The molecule has 0 aromatic rings. The van der Waals surface area contributed by atoms with E-state index < -0.39 is 35.3 Å². The van der Waals surface area contributed by atoms with Crippen LogP contribution in [0.3, 0.4) is 0 Å². The van der Waals surface area contributed by atoms with Crippen LogP contribution in [0.25, 0.3) is 0 Å². The molecule has 0 aromatic heterocycles. The molecule has 6 heteroatoms. The lowest BCUT2D eigenvalue weighted by atomic mass is 9.65. The molecule has 0 amide bonds. The second-order valence-corrected chi connectivity index (χ2v) is 5.03. The third kappa shape index (κ3) is 2.11. The third-order valence-electron chi connectivity index (χ3n) is 3.72. The molecule has 6 nitrogen and oxygen atoms in total. The van der Waals surface area contributed by atoms with Crippen molar-refractivity contribution in [3.8, 4) is 0 Å². The maximum Gasteiger partial charge on any atom is 0.337 e. The number of hydrogen-bond donors (Lipinski definition) is 0. The fourth-order valence-corrected chi connectivity index (χ4v) is 2.57. The first-order valence-electron chi connectivity index (χ1n) is 6.22. The van der Waals surface area contributed by atoms with Gasteiger partial charge in [-0.1, -0.05) is 18.7 Å². The zero-order chi connectivity index (χ0) is 14.9. The van der Waals surface area contributed by atoms with Crippen LogP contribution in [-0.4, -0.2) is 37.7 Å². The van der Waals surface area contributed by atoms with E-state index in [-0.39, 0.29) is 18.6 Å². The number of carbonyl (C=O) groups excluding carboxylic acids is 3. The van der Waals surface area contributed by atoms with Gasteiger partial charge in [-0.05, 0) is 6.92 Å². The van der Waals surface area contributed by atoms with Gasteiger partial charge in [-0.25, -0.2) is 4.79 Å². The largest absolute Gasteiger partial charge is 0.466 e. The van der Waals surface area contributed by atoms with Gasteiger partial charge in [-0.2, -0.15) is 0 Å². The van der Waals surface area contributed by atoms with E-state index in [0.29, 0.717) is 0 Å². The molecule has 3 aliphatic rings. The molecule has 3 rings (SSSR count). The summed E-state index contributed by atoms with van der Waals surface area (Å²) in [6.45, 7) is 5.19. The Morgan fingerprint density at radius 1 is 1.60 bits per heavy atom. The average Bonchev–Trinajstić information content (AvgIpc) is 2.43. The quantitative estimate of drug-likeness (QED) is 0.430. The van der Waals surface area contributed by atoms with Crippen LogP contribution in [0, 0.1) is 11.3 Å². The lowest BCUT2D eigenvalue weighted by Crippen LogP contribution is -2.54. The molecule has 0 unspecified atom stereocenters. The molecule has 0 radical (unpaired) electrons. The van der Waals surface area contributed by atoms with Gasteiger partial charge in [-0.15, -0.1) is 0 Å². The van der Waals surface area contributed by atoms with E-state index in [0.717, 1.165) is 0 Å².